The molecule has 1 aromatic carbocycles. The van der Waals surface area contributed by atoms with Crippen molar-refractivity contribution in [2.75, 3.05) is 0 Å². The van der Waals surface area contributed by atoms with E-state index in [0.717, 1.165) is 41.4 Å². The maximum atomic E-state index is 12.2. The first kappa shape index (κ1) is 15.8. The van der Waals surface area contributed by atoms with Gasteiger partial charge in [-0.15, -0.1) is 0 Å². The second kappa shape index (κ2) is 6.39. The zero-order chi connectivity index (χ0) is 18.2. The molecule has 0 saturated heterocycles. The van der Waals surface area contributed by atoms with Gasteiger partial charge in [-0.25, -0.2) is 9.97 Å². The van der Waals surface area contributed by atoms with Crippen molar-refractivity contribution < 1.29 is 4.42 Å². The van der Waals surface area contributed by atoms with Crippen LogP contribution in [-0.2, 0) is 19.3 Å². The van der Waals surface area contributed by atoms with Crippen LogP contribution in [0.2, 0.25) is 0 Å². The van der Waals surface area contributed by atoms with Gasteiger partial charge in [0.2, 0.25) is 0 Å². The first-order valence-corrected chi connectivity index (χ1v) is 9.08. The third-order valence-electron chi connectivity index (χ3n) is 4.83. The van der Waals surface area contributed by atoms with Crippen molar-refractivity contribution >= 4 is 17.0 Å². The van der Waals surface area contributed by atoms with Gasteiger partial charge in [0.25, 0.3) is 5.56 Å². The molecule has 4 aromatic rings. The molecule has 0 fully saturated rings. The predicted molar refractivity (Wildman–Crippen MR) is 103 cm³/mol. The summed E-state index contributed by atoms with van der Waals surface area (Å²) in [7, 11) is 0. The number of nitrogens with zero attached hydrogens (tertiary/aromatic N) is 2. The number of rotatable bonds is 4. The van der Waals surface area contributed by atoms with E-state index < -0.39 is 0 Å². The Balaban J connectivity index is 1.35. The quantitative estimate of drug-likeness (QED) is 0.583. The molecule has 0 atom stereocenters. The number of fused-ring (bicyclic) bond motifs is 2. The molecule has 0 unspecified atom stereocenters. The zero-order valence-corrected chi connectivity index (χ0v) is 14.7. The highest BCUT2D eigenvalue weighted by atomic mass is 16.3. The molecule has 0 bridgehead atoms. The molecule has 3 heterocycles. The second-order valence-electron chi connectivity index (χ2n) is 6.70. The molecule has 0 saturated carbocycles. The molecule has 0 spiro atoms. The molecule has 6 heteroatoms. The fourth-order valence-corrected chi connectivity index (χ4v) is 3.44. The topological polar surface area (TPSA) is 87.6 Å². The van der Waals surface area contributed by atoms with Gasteiger partial charge in [0.1, 0.15) is 23.1 Å². The average molecular weight is 358 g/mol. The van der Waals surface area contributed by atoms with Gasteiger partial charge in [-0.2, -0.15) is 0 Å². The Kier molecular flexibility index (Phi) is 3.74. The lowest BCUT2D eigenvalue weighted by Gasteiger charge is -2.02. The van der Waals surface area contributed by atoms with E-state index >= 15 is 0 Å². The number of para-hydroxylation sites is 1. The maximum Gasteiger partial charge on any atom is 0.258 e. The minimum atomic E-state index is -0.107. The predicted octanol–water partition coefficient (Wildman–Crippen LogP) is 3.65. The largest absolute Gasteiger partial charge is 0.459 e. The normalized spacial score (nSPS) is 13.2. The minimum Gasteiger partial charge on any atom is -0.459 e. The zero-order valence-electron chi connectivity index (χ0n) is 14.7. The van der Waals surface area contributed by atoms with E-state index in [1.807, 2.05) is 24.3 Å². The number of nitrogens with one attached hydrogen (secondary N) is 2. The Morgan fingerprint density at radius 3 is 2.93 bits per heavy atom. The number of aromatic nitrogens is 4. The van der Waals surface area contributed by atoms with Gasteiger partial charge >= 0.3 is 0 Å². The summed E-state index contributed by atoms with van der Waals surface area (Å²) in [6, 6.07) is 9.40. The van der Waals surface area contributed by atoms with Crippen LogP contribution in [-0.4, -0.2) is 19.9 Å². The van der Waals surface area contributed by atoms with Crippen LogP contribution in [0.5, 0.6) is 0 Å². The van der Waals surface area contributed by atoms with Crippen LogP contribution in [0.3, 0.4) is 0 Å². The molecule has 5 rings (SSSR count). The summed E-state index contributed by atoms with van der Waals surface area (Å²) in [6.45, 7) is 0. The summed E-state index contributed by atoms with van der Waals surface area (Å²) in [6.07, 6.45) is 9.27. The molecule has 1 aliphatic carbocycles. The lowest BCUT2D eigenvalue weighted by molar-refractivity contribution is 0.519. The Hall–Kier alpha value is -3.41. The monoisotopic (exact) mass is 358 g/mol. The van der Waals surface area contributed by atoms with Crippen LogP contribution in [0.15, 0.2) is 51.8 Å². The van der Waals surface area contributed by atoms with Crippen LogP contribution in [0.25, 0.3) is 28.4 Å². The number of benzene rings is 1. The molecule has 0 amide bonds. The van der Waals surface area contributed by atoms with E-state index in [1.165, 1.54) is 0 Å². The molecular weight excluding hydrogens is 340 g/mol. The smallest absolute Gasteiger partial charge is 0.258 e. The third-order valence-corrected chi connectivity index (χ3v) is 4.83. The third kappa shape index (κ3) is 2.99. The van der Waals surface area contributed by atoms with Gasteiger partial charge in [0.15, 0.2) is 5.76 Å². The molecule has 6 nitrogen and oxygen atoms in total. The highest BCUT2D eigenvalue weighted by Crippen LogP contribution is 2.28. The number of furan rings is 1. The number of allylic oxidation sites excluding steroid dienone is 1. The fraction of sp³-hybridized carbons (Fsp3) is 0.190. The Labute approximate surface area is 155 Å². The van der Waals surface area contributed by atoms with Crippen molar-refractivity contribution in [1.82, 2.24) is 19.9 Å². The van der Waals surface area contributed by atoms with Crippen molar-refractivity contribution in [3.8, 4) is 11.5 Å². The van der Waals surface area contributed by atoms with Gasteiger partial charge in [-0.3, -0.25) is 4.79 Å². The van der Waals surface area contributed by atoms with Crippen LogP contribution >= 0.6 is 0 Å². The maximum absolute atomic E-state index is 12.2. The molecule has 3 aromatic heterocycles. The fourth-order valence-electron chi connectivity index (χ4n) is 3.44. The highest BCUT2D eigenvalue weighted by molar-refractivity contribution is 5.77. The standard InChI is InChI=1S/C21H18N4O2/c26-21-14-6-2-3-7-15(14)23-20(25-21)10-9-19-22-12-16(24-19)18-11-13-5-1-4-8-17(13)27-18/h1-3,5-7,11-12H,4,8-10H2,(H,22,24)(H,23,25,26). The lowest BCUT2D eigenvalue weighted by atomic mass is 10.1. The van der Waals surface area contributed by atoms with E-state index in [-0.39, 0.29) is 5.56 Å². The van der Waals surface area contributed by atoms with Crippen LogP contribution in [0.1, 0.15) is 29.4 Å². The first-order valence-electron chi connectivity index (χ1n) is 9.08. The number of aryl methyl sites for hydroxylation is 3. The van der Waals surface area contributed by atoms with Gasteiger partial charge in [0.05, 0.1) is 17.1 Å². The van der Waals surface area contributed by atoms with Crippen molar-refractivity contribution in [1.29, 1.82) is 0 Å². The van der Waals surface area contributed by atoms with Gasteiger partial charge in [-0.05, 0) is 24.6 Å². The summed E-state index contributed by atoms with van der Waals surface area (Å²) >= 11 is 0. The Bertz CT molecular complexity index is 1210. The molecule has 134 valence electrons. The van der Waals surface area contributed by atoms with Crippen molar-refractivity contribution in [2.24, 2.45) is 0 Å². The van der Waals surface area contributed by atoms with E-state index in [9.17, 15) is 4.79 Å². The van der Waals surface area contributed by atoms with E-state index in [4.69, 9.17) is 4.42 Å². The van der Waals surface area contributed by atoms with Gasteiger partial charge in [0, 0.05) is 24.8 Å². The molecular formula is C21H18N4O2. The van der Waals surface area contributed by atoms with Gasteiger partial charge in [-0.1, -0.05) is 24.3 Å². The van der Waals surface area contributed by atoms with E-state index in [1.54, 1.807) is 12.3 Å². The Morgan fingerprint density at radius 1 is 1.11 bits per heavy atom. The molecule has 27 heavy (non-hydrogen) atoms. The van der Waals surface area contributed by atoms with Crippen molar-refractivity contribution in [3.63, 3.8) is 0 Å². The Morgan fingerprint density at radius 2 is 2.00 bits per heavy atom. The molecule has 0 radical (unpaired) electrons. The number of hydrogen-bond donors (Lipinski definition) is 2. The number of H-pyrrole nitrogens is 2. The summed E-state index contributed by atoms with van der Waals surface area (Å²) < 4.78 is 5.95. The molecule has 0 aliphatic heterocycles. The number of imidazole rings is 1. The molecule has 1 aliphatic rings. The van der Waals surface area contributed by atoms with E-state index in [2.05, 4.69) is 32.1 Å². The number of hydrogen-bond acceptors (Lipinski definition) is 4. The highest BCUT2D eigenvalue weighted by Gasteiger charge is 2.14. The van der Waals surface area contributed by atoms with Gasteiger partial charge < -0.3 is 14.4 Å². The summed E-state index contributed by atoms with van der Waals surface area (Å²) in [5, 5.41) is 0.609. The summed E-state index contributed by atoms with van der Waals surface area (Å²) in [5.41, 5.74) is 2.62. The molecule has 2 N–H and O–H groups in total. The van der Waals surface area contributed by atoms with Crippen LogP contribution in [0.4, 0.5) is 0 Å². The van der Waals surface area contributed by atoms with Crippen LogP contribution in [0, 0.1) is 0 Å². The first-order chi connectivity index (χ1) is 13.3. The number of aromatic amines is 2. The minimum absolute atomic E-state index is 0.107. The SMILES string of the molecule is O=c1[nH]c(CCc2ncc(-c3cc4c(o3)CCC=C4)[nH]2)nc2ccccc12. The van der Waals surface area contributed by atoms with Crippen molar-refractivity contribution in [3.05, 3.63) is 75.9 Å². The van der Waals surface area contributed by atoms with E-state index in [0.29, 0.717) is 29.6 Å². The van der Waals surface area contributed by atoms with Crippen LogP contribution < -0.4 is 5.56 Å². The average Bonchev–Trinajstić information content (AvgIpc) is 3.33. The lowest BCUT2D eigenvalue weighted by Crippen LogP contribution is -2.12. The summed E-state index contributed by atoms with van der Waals surface area (Å²) in [5.74, 6) is 3.34. The van der Waals surface area contributed by atoms with Crippen molar-refractivity contribution in [2.45, 2.75) is 25.7 Å². The summed E-state index contributed by atoms with van der Waals surface area (Å²) in [4.78, 5) is 27.3. The second-order valence-corrected chi connectivity index (χ2v) is 6.70.